The molecule has 1 aromatic rings. The van der Waals surface area contributed by atoms with E-state index in [1.165, 1.54) is 5.01 Å². The van der Waals surface area contributed by atoms with E-state index in [0.29, 0.717) is 6.42 Å². The molecule has 1 amide bonds. The van der Waals surface area contributed by atoms with Crippen LogP contribution in [0, 0.1) is 5.92 Å². The summed E-state index contributed by atoms with van der Waals surface area (Å²) in [6.07, 6.45) is 0.690. The molecule has 0 bridgehead atoms. The van der Waals surface area contributed by atoms with Gasteiger partial charge in [-0.2, -0.15) is 5.10 Å². The number of hydrazone groups is 1. The van der Waals surface area contributed by atoms with E-state index >= 15 is 0 Å². The van der Waals surface area contributed by atoms with Gasteiger partial charge in [-0.25, -0.2) is 5.01 Å². The lowest BCUT2D eigenvalue weighted by Gasteiger charge is -2.24. The molecule has 1 unspecified atom stereocenters. The van der Waals surface area contributed by atoms with Gasteiger partial charge in [0.1, 0.15) is 5.75 Å². The summed E-state index contributed by atoms with van der Waals surface area (Å²) in [7, 11) is 3.34. The minimum Gasteiger partial charge on any atom is -0.497 e. The van der Waals surface area contributed by atoms with Gasteiger partial charge in [0.25, 0.3) is 0 Å². The molecule has 1 aliphatic rings. The first kappa shape index (κ1) is 11.6. The van der Waals surface area contributed by atoms with Gasteiger partial charge in [0.15, 0.2) is 0 Å². The average Bonchev–Trinajstić information content (AvgIpc) is 2.35. The third-order valence-corrected chi connectivity index (χ3v) is 2.93. The Morgan fingerprint density at radius 2 is 2.00 bits per heavy atom. The van der Waals surface area contributed by atoms with Crippen molar-refractivity contribution in [3.8, 4) is 5.75 Å². The van der Waals surface area contributed by atoms with E-state index in [0.717, 1.165) is 17.0 Å². The molecule has 0 saturated carbocycles. The van der Waals surface area contributed by atoms with Crippen molar-refractivity contribution in [1.82, 2.24) is 5.01 Å². The molecule has 0 spiro atoms. The van der Waals surface area contributed by atoms with E-state index in [9.17, 15) is 4.79 Å². The molecular weight excluding hydrogens is 216 g/mol. The molecule has 4 heteroatoms. The standard InChI is InChI=1S/C13H16N2O2/c1-9-8-12(14-15(2)13(9)16)10-4-6-11(17-3)7-5-10/h4-7,9H,8H2,1-3H3. The molecule has 90 valence electrons. The Labute approximate surface area is 101 Å². The molecule has 0 N–H and O–H groups in total. The zero-order valence-corrected chi connectivity index (χ0v) is 10.3. The molecule has 1 aromatic carbocycles. The number of methoxy groups -OCH3 is 1. The van der Waals surface area contributed by atoms with Crippen molar-refractivity contribution in [2.75, 3.05) is 14.2 Å². The largest absolute Gasteiger partial charge is 0.497 e. The van der Waals surface area contributed by atoms with Crippen molar-refractivity contribution >= 4 is 11.6 Å². The van der Waals surface area contributed by atoms with E-state index in [1.54, 1.807) is 14.2 Å². The fourth-order valence-corrected chi connectivity index (χ4v) is 1.93. The van der Waals surface area contributed by atoms with Crippen LogP contribution >= 0.6 is 0 Å². The summed E-state index contributed by atoms with van der Waals surface area (Å²) in [5.41, 5.74) is 1.99. The Bertz CT molecular complexity index is 451. The summed E-state index contributed by atoms with van der Waals surface area (Å²) in [6.45, 7) is 1.93. The number of hydrogen-bond donors (Lipinski definition) is 0. The second-order valence-electron chi connectivity index (χ2n) is 4.24. The topological polar surface area (TPSA) is 41.9 Å². The molecule has 0 aromatic heterocycles. The lowest BCUT2D eigenvalue weighted by molar-refractivity contribution is -0.134. The van der Waals surface area contributed by atoms with Crippen LogP contribution in [0.5, 0.6) is 5.75 Å². The Morgan fingerprint density at radius 3 is 2.53 bits per heavy atom. The highest BCUT2D eigenvalue weighted by Crippen LogP contribution is 2.20. The zero-order chi connectivity index (χ0) is 12.4. The second-order valence-corrected chi connectivity index (χ2v) is 4.24. The maximum atomic E-state index is 11.6. The molecule has 1 aliphatic heterocycles. The second kappa shape index (κ2) is 4.57. The van der Waals surface area contributed by atoms with E-state index in [1.807, 2.05) is 31.2 Å². The third kappa shape index (κ3) is 2.30. The van der Waals surface area contributed by atoms with E-state index in [4.69, 9.17) is 4.74 Å². The molecule has 1 atom stereocenters. The van der Waals surface area contributed by atoms with Gasteiger partial charge >= 0.3 is 0 Å². The number of ether oxygens (including phenoxy) is 1. The predicted octanol–water partition coefficient (Wildman–Crippen LogP) is 1.90. The highest BCUT2D eigenvalue weighted by molar-refractivity contribution is 6.04. The fraction of sp³-hybridized carbons (Fsp3) is 0.385. The maximum absolute atomic E-state index is 11.6. The summed E-state index contributed by atoms with van der Waals surface area (Å²) in [4.78, 5) is 11.6. The molecule has 0 radical (unpaired) electrons. The highest BCUT2D eigenvalue weighted by Gasteiger charge is 2.25. The number of carbonyl (C=O) groups excluding carboxylic acids is 1. The van der Waals surface area contributed by atoms with E-state index in [2.05, 4.69) is 5.10 Å². The molecule has 0 aliphatic carbocycles. The quantitative estimate of drug-likeness (QED) is 0.781. The van der Waals surface area contributed by atoms with Crippen LogP contribution in [0.25, 0.3) is 0 Å². The predicted molar refractivity (Wildman–Crippen MR) is 66.1 cm³/mol. The first-order valence-electron chi connectivity index (χ1n) is 5.61. The number of rotatable bonds is 2. The van der Waals surface area contributed by atoms with Crippen molar-refractivity contribution in [3.63, 3.8) is 0 Å². The lowest BCUT2D eigenvalue weighted by Crippen LogP contribution is -2.34. The normalized spacial score (nSPS) is 20.2. The molecule has 0 fully saturated rings. The molecule has 1 heterocycles. The van der Waals surface area contributed by atoms with Crippen molar-refractivity contribution in [2.24, 2.45) is 11.0 Å². The summed E-state index contributed by atoms with van der Waals surface area (Å²) in [6, 6.07) is 7.74. The Balaban J connectivity index is 2.27. The summed E-state index contributed by atoms with van der Waals surface area (Å²) in [5, 5.41) is 5.72. The van der Waals surface area contributed by atoms with Gasteiger partial charge in [-0.15, -0.1) is 0 Å². The van der Waals surface area contributed by atoms with Crippen LogP contribution in [0.2, 0.25) is 0 Å². The molecule has 2 rings (SSSR count). The maximum Gasteiger partial charge on any atom is 0.245 e. The first-order valence-corrected chi connectivity index (χ1v) is 5.61. The van der Waals surface area contributed by atoms with E-state index in [-0.39, 0.29) is 11.8 Å². The van der Waals surface area contributed by atoms with Crippen LogP contribution < -0.4 is 4.74 Å². The summed E-state index contributed by atoms with van der Waals surface area (Å²) >= 11 is 0. The van der Waals surface area contributed by atoms with Gasteiger partial charge in [-0.3, -0.25) is 4.79 Å². The van der Waals surface area contributed by atoms with Crippen LogP contribution in [0.4, 0.5) is 0 Å². The minimum absolute atomic E-state index is 0.00500. The molecule has 0 saturated heterocycles. The van der Waals surface area contributed by atoms with Crippen molar-refractivity contribution in [2.45, 2.75) is 13.3 Å². The fourth-order valence-electron chi connectivity index (χ4n) is 1.93. The van der Waals surface area contributed by atoms with Crippen LogP contribution in [0.15, 0.2) is 29.4 Å². The SMILES string of the molecule is COc1ccc(C2=NN(C)C(=O)C(C)C2)cc1. The molecule has 17 heavy (non-hydrogen) atoms. The highest BCUT2D eigenvalue weighted by atomic mass is 16.5. The Morgan fingerprint density at radius 1 is 1.35 bits per heavy atom. The van der Waals surface area contributed by atoms with Crippen LogP contribution in [0.3, 0.4) is 0 Å². The van der Waals surface area contributed by atoms with Gasteiger partial charge in [-0.1, -0.05) is 6.92 Å². The van der Waals surface area contributed by atoms with Crippen LogP contribution in [-0.2, 0) is 4.79 Å². The first-order chi connectivity index (χ1) is 8.11. The smallest absolute Gasteiger partial charge is 0.245 e. The van der Waals surface area contributed by atoms with Crippen LogP contribution in [0.1, 0.15) is 18.9 Å². The Kier molecular flexibility index (Phi) is 3.13. The monoisotopic (exact) mass is 232 g/mol. The third-order valence-electron chi connectivity index (χ3n) is 2.93. The summed E-state index contributed by atoms with van der Waals surface area (Å²) in [5.74, 6) is 0.888. The van der Waals surface area contributed by atoms with Gasteiger partial charge in [-0.05, 0) is 29.8 Å². The summed E-state index contributed by atoms with van der Waals surface area (Å²) < 4.78 is 5.11. The van der Waals surface area contributed by atoms with Gasteiger partial charge in [0.2, 0.25) is 5.91 Å². The number of amides is 1. The van der Waals surface area contributed by atoms with Gasteiger partial charge in [0.05, 0.1) is 12.8 Å². The number of benzene rings is 1. The minimum atomic E-state index is -0.00500. The van der Waals surface area contributed by atoms with Crippen molar-refractivity contribution in [3.05, 3.63) is 29.8 Å². The average molecular weight is 232 g/mol. The van der Waals surface area contributed by atoms with Gasteiger partial charge in [0, 0.05) is 19.4 Å². The van der Waals surface area contributed by atoms with Crippen LogP contribution in [-0.4, -0.2) is 30.8 Å². The van der Waals surface area contributed by atoms with Crippen molar-refractivity contribution < 1.29 is 9.53 Å². The number of nitrogens with zero attached hydrogens (tertiary/aromatic N) is 2. The lowest BCUT2D eigenvalue weighted by atomic mass is 9.97. The number of hydrogen-bond acceptors (Lipinski definition) is 3. The molecular formula is C13H16N2O2. The Hall–Kier alpha value is -1.84. The zero-order valence-electron chi connectivity index (χ0n) is 10.3. The van der Waals surface area contributed by atoms with E-state index < -0.39 is 0 Å². The number of carbonyl (C=O) groups is 1. The molecule has 4 nitrogen and oxygen atoms in total. The van der Waals surface area contributed by atoms with Crippen molar-refractivity contribution in [1.29, 1.82) is 0 Å². The van der Waals surface area contributed by atoms with Gasteiger partial charge < -0.3 is 4.74 Å².